The second kappa shape index (κ2) is 23.6. The first-order valence-electron chi connectivity index (χ1n) is 17.5. The SMILES string of the molecule is C=C=COOCCCCCCOc1ccc(OCOc2ccc3cc(C(OO)c4ccc(C(=C)OCCCOCCCOC)cc4)ccc3c2)cc1. The van der Waals surface area contributed by atoms with Crippen molar-refractivity contribution in [3.63, 3.8) is 0 Å². The molecule has 0 aromatic heterocycles. The molecule has 278 valence electrons. The third kappa shape index (κ3) is 14.1. The average Bonchev–Trinajstić information content (AvgIpc) is 3.17. The van der Waals surface area contributed by atoms with Gasteiger partial charge in [0.25, 0.3) is 0 Å². The van der Waals surface area contributed by atoms with E-state index in [1.165, 1.54) is 6.26 Å². The Hall–Kier alpha value is -4.80. The van der Waals surface area contributed by atoms with E-state index < -0.39 is 6.10 Å². The van der Waals surface area contributed by atoms with Crippen molar-refractivity contribution in [3.8, 4) is 17.2 Å². The van der Waals surface area contributed by atoms with Gasteiger partial charge in [-0.25, -0.2) is 4.89 Å². The summed E-state index contributed by atoms with van der Waals surface area (Å²) in [6.07, 6.45) is 6.22. The van der Waals surface area contributed by atoms with Crippen LogP contribution in [0.1, 0.15) is 61.3 Å². The van der Waals surface area contributed by atoms with E-state index in [0.717, 1.165) is 71.7 Å². The lowest BCUT2D eigenvalue weighted by molar-refractivity contribution is -0.270. The molecule has 0 heterocycles. The van der Waals surface area contributed by atoms with Gasteiger partial charge in [-0.2, -0.15) is 4.89 Å². The largest absolute Gasteiger partial charge is 0.494 e. The van der Waals surface area contributed by atoms with E-state index in [1.807, 2.05) is 84.9 Å². The number of unbranched alkanes of at least 4 members (excludes halogenated alkanes) is 3. The molecule has 4 aromatic carbocycles. The topological polar surface area (TPSA) is 103 Å². The lowest BCUT2D eigenvalue weighted by Crippen LogP contribution is -2.06. The standard InChI is InChI=1S/C42H50O10/c1-4-23-50-51-29-8-6-5-7-27-47-39-19-21-40(22-20-39)48-32-49-41-18-17-36-30-38(16-15-37(36)31-41)42(52-43)35-13-11-34(12-14-35)33(2)46-28-10-26-45-25-9-24-44-3/h11-23,30-31,42-43H,1-2,5-10,24-29,32H2,3H3. The van der Waals surface area contributed by atoms with E-state index in [1.54, 1.807) is 7.11 Å². The molecular weight excluding hydrogens is 664 g/mol. The van der Waals surface area contributed by atoms with E-state index >= 15 is 0 Å². The highest BCUT2D eigenvalue weighted by molar-refractivity contribution is 5.84. The maximum Gasteiger partial charge on any atom is 0.230 e. The Bertz CT molecular complexity index is 1650. The Kier molecular flexibility index (Phi) is 18.2. The molecule has 0 radical (unpaired) electrons. The van der Waals surface area contributed by atoms with Crippen LogP contribution in [-0.2, 0) is 28.9 Å². The fourth-order valence-electron chi connectivity index (χ4n) is 5.22. The van der Waals surface area contributed by atoms with Gasteiger partial charge >= 0.3 is 0 Å². The second-order valence-corrected chi connectivity index (χ2v) is 11.8. The first-order chi connectivity index (χ1) is 25.6. The van der Waals surface area contributed by atoms with Crippen LogP contribution in [0.3, 0.4) is 0 Å². The number of rotatable bonds is 27. The first kappa shape index (κ1) is 40.0. The Labute approximate surface area is 306 Å². The molecule has 0 bridgehead atoms. The van der Waals surface area contributed by atoms with Gasteiger partial charge in [-0.15, -0.1) is 0 Å². The van der Waals surface area contributed by atoms with Crippen molar-refractivity contribution in [1.29, 1.82) is 0 Å². The summed E-state index contributed by atoms with van der Waals surface area (Å²) in [5.41, 5.74) is 4.93. The fourth-order valence-corrected chi connectivity index (χ4v) is 5.22. The van der Waals surface area contributed by atoms with Gasteiger partial charge in [0.1, 0.15) is 29.1 Å². The monoisotopic (exact) mass is 714 g/mol. The van der Waals surface area contributed by atoms with Gasteiger partial charge in [0, 0.05) is 38.9 Å². The number of methoxy groups -OCH3 is 1. The number of benzene rings is 4. The molecule has 0 aliphatic heterocycles. The van der Waals surface area contributed by atoms with E-state index in [2.05, 4.69) is 18.9 Å². The zero-order valence-corrected chi connectivity index (χ0v) is 30.0. The van der Waals surface area contributed by atoms with Gasteiger partial charge in [0.2, 0.25) is 6.79 Å². The second-order valence-electron chi connectivity index (χ2n) is 11.8. The molecule has 52 heavy (non-hydrogen) atoms. The van der Waals surface area contributed by atoms with Crippen molar-refractivity contribution in [2.75, 3.05) is 53.5 Å². The lowest BCUT2D eigenvalue weighted by Gasteiger charge is -2.16. The van der Waals surface area contributed by atoms with Crippen LogP contribution in [0.25, 0.3) is 16.5 Å². The highest BCUT2D eigenvalue weighted by atomic mass is 17.2. The number of hydrogen-bond acceptors (Lipinski definition) is 10. The summed E-state index contributed by atoms with van der Waals surface area (Å²) < 4.78 is 33.9. The van der Waals surface area contributed by atoms with Crippen molar-refractivity contribution < 1.29 is 48.3 Å². The van der Waals surface area contributed by atoms with Crippen LogP contribution in [0.15, 0.2) is 110 Å². The molecule has 4 aromatic rings. The Morgan fingerprint density at radius 3 is 2.04 bits per heavy atom. The molecule has 0 fully saturated rings. The van der Waals surface area contributed by atoms with Gasteiger partial charge in [-0.3, -0.25) is 5.26 Å². The highest BCUT2D eigenvalue weighted by Gasteiger charge is 2.16. The zero-order chi connectivity index (χ0) is 36.6. The van der Waals surface area contributed by atoms with E-state index in [0.29, 0.717) is 56.9 Å². The van der Waals surface area contributed by atoms with Crippen molar-refractivity contribution in [1.82, 2.24) is 0 Å². The molecule has 0 aliphatic rings. The van der Waals surface area contributed by atoms with Gasteiger partial charge in [0.05, 0.1) is 19.8 Å². The molecule has 10 heteroatoms. The third-order valence-corrected chi connectivity index (χ3v) is 7.99. The van der Waals surface area contributed by atoms with Crippen molar-refractivity contribution in [2.45, 2.75) is 44.6 Å². The van der Waals surface area contributed by atoms with Crippen LogP contribution in [0.2, 0.25) is 0 Å². The molecule has 0 aliphatic carbocycles. The van der Waals surface area contributed by atoms with Crippen molar-refractivity contribution >= 4 is 16.5 Å². The smallest absolute Gasteiger partial charge is 0.230 e. The molecule has 1 N–H and O–H groups in total. The molecule has 1 unspecified atom stereocenters. The quantitative estimate of drug-likeness (QED) is 0.0160. The molecule has 0 saturated heterocycles. The predicted molar refractivity (Wildman–Crippen MR) is 200 cm³/mol. The first-order valence-corrected chi connectivity index (χ1v) is 17.5. The summed E-state index contributed by atoms with van der Waals surface area (Å²) in [6, 6.07) is 26.8. The summed E-state index contributed by atoms with van der Waals surface area (Å²) in [6.45, 7) is 11.2. The number of hydrogen-bond donors (Lipinski definition) is 1. The minimum atomic E-state index is -0.666. The summed E-state index contributed by atoms with van der Waals surface area (Å²) >= 11 is 0. The minimum Gasteiger partial charge on any atom is -0.494 e. The van der Waals surface area contributed by atoms with Crippen LogP contribution in [0.5, 0.6) is 17.2 Å². The molecule has 0 saturated carbocycles. The Morgan fingerprint density at radius 1 is 0.673 bits per heavy atom. The van der Waals surface area contributed by atoms with Crippen LogP contribution in [0, 0.1) is 0 Å². The predicted octanol–water partition coefficient (Wildman–Crippen LogP) is 9.45. The van der Waals surface area contributed by atoms with E-state index in [4.69, 9.17) is 43.1 Å². The van der Waals surface area contributed by atoms with Crippen LogP contribution >= 0.6 is 0 Å². The average molecular weight is 715 g/mol. The maximum atomic E-state index is 9.86. The zero-order valence-electron chi connectivity index (χ0n) is 30.0. The van der Waals surface area contributed by atoms with Gasteiger partial charge < -0.3 is 33.3 Å². The third-order valence-electron chi connectivity index (χ3n) is 7.99. The van der Waals surface area contributed by atoms with E-state index in [-0.39, 0.29) is 6.79 Å². The summed E-state index contributed by atoms with van der Waals surface area (Å²) in [7, 11) is 1.68. The molecule has 0 spiro atoms. The highest BCUT2D eigenvalue weighted by Crippen LogP contribution is 2.31. The Balaban J connectivity index is 1.17. The summed E-state index contributed by atoms with van der Waals surface area (Å²) in [5.74, 6) is 2.73. The molecule has 0 amide bonds. The van der Waals surface area contributed by atoms with Crippen LogP contribution < -0.4 is 14.2 Å². The minimum absolute atomic E-state index is 0.0556. The Morgan fingerprint density at radius 2 is 1.31 bits per heavy atom. The van der Waals surface area contributed by atoms with Gasteiger partial charge in [0.15, 0.2) is 6.26 Å². The number of fused-ring (bicyclic) bond motifs is 1. The van der Waals surface area contributed by atoms with E-state index in [9.17, 15) is 5.26 Å². The molecule has 4 rings (SSSR count). The lowest BCUT2D eigenvalue weighted by atomic mass is 9.97. The van der Waals surface area contributed by atoms with Gasteiger partial charge in [-0.05, 0) is 90.0 Å². The van der Waals surface area contributed by atoms with Crippen molar-refractivity contribution in [2.24, 2.45) is 0 Å². The maximum absolute atomic E-state index is 9.86. The van der Waals surface area contributed by atoms with Gasteiger partial charge in [-0.1, -0.05) is 67.8 Å². The molecule has 10 nitrogen and oxygen atoms in total. The normalized spacial score (nSPS) is 11.4. The molecule has 1 atom stereocenters. The van der Waals surface area contributed by atoms with Crippen molar-refractivity contribution in [3.05, 3.63) is 127 Å². The number of ether oxygens (including phenoxy) is 6. The summed E-state index contributed by atoms with van der Waals surface area (Å²) in [4.78, 5) is 14.6. The van der Waals surface area contributed by atoms with Crippen LogP contribution in [0.4, 0.5) is 0 Å². The van der Waals surface area contributed by atoms with Crippen LogP contribution in [-0.4, -0.2) is 58.8 Å². The summed E-state index contributed by atoms with van der Waals surface area (Å²) in [5, 5.41) is 11.8. The molecular formula is C42H50O10. The fraction of sp³-hybridized carbons (Fsp3) is 0.357.